The Morgan fingerprint density at radius 3 is 2.39 bits per heavy atom. The summed E-state index contributed by atoms with van der Waals surface area (Å²) in [5, 5.41) is 9.03. The number of nitrogens with one attached hydrogen (secondary N) is 1. The maximum atomic E-state index is 12.4. The molecule has 2 heterocycles. The highest BCUT2D eigenvalue weighted by Gasteiger charge is 2.35. The van der Waals surface area contributed by atoms with Crippen molar-refractivity contribution in [2.45, 2.75) is 57.8 Å². The average molecular weight is 723 g/mol. The molecule has 254 valence electrons. The number of benzene rings is 3. The third-order valence-electron chi connectivity index (χ3n) is 7.89. The van der Waals surface area contributed by atoms with E-state index < -0.39 is 11.6 Å². The molecular formula is C37H34Cl3N3O6. The van der Waals surface area contributed by atoms with Gasteiger partial charge in [0, 0.05) is 47.5 Å². The van der Waals surface area contributed by atoms with Gasteiger partial charge < -0.3 is 29.0 Å². The van der Waals surface area contributed by atoms with Crippen LogP contribution < -0.4 is 10.1 Å². The number of carbonyl (C=O) groups excluding carboxylic acids is 2. The van der Waals surface area contributed by atoms with Crippen molar-refractivity contribution in [1.82, 2.24) is 10.1 Å². The Labute approximate surface area is 299 Å². The normalized spacial score (nSPS) is 14.4. The first-order valence-corrected chi connectivity index (χ1v) is 16.9. The maximum Gasteiger partial charge on any atom is 0.410 e. The number of likely N-dealkylation sites (tertiary alicyclic amines) is 1. The minimum Gasteiger partial charge on any atom is -0.489 e. The molecule has 1 saturated heterocycles. The van der Waals surface area contributed by atoms with Crippen LogP contribution in [-0.2, 0) is 16.1 Å². The van der Waals surface area contributed by atoms with E-state index in [0.717, 1.165) is 24.2 Å². The molecule has 2 aliphatic rings. The average Bonchev–Trinajstić information content (AvgIpc) is 3.79. The van der Waals surface area contributed by atoms with Gasteiger partial charge in [-0.25, -0.2) is 9.59 Å². The number of carbonyl (C=O) groups is 2. The summed E-state index contributed by atoms with van der Waals surface area (Å²) in [6.07, 6.45) is 1.68. The number of amides is 1. The quantitative estimate of drug-likeness (QED) is 0.142. The number of esters is 1. The third kappa shape index (κ3) is 8.27. The predicted octanol–water partition coefficient (Wildman–Crippen LogP) is 8.98. The number of halogens is 3. The molecule has 0 radical (unpaired) electrons. The van der Waals surface area contributed by atoms with E-state index in [2.05, 4.69) is 22.3 Å². The van der Waals surface area contributed by atoms with E-state index in [1.54, 1.807) is 53.4 Å². The van der Waals surface area contributed by atoms with Crippen molar-refractivity contribution in [2.24, 2.45) is 0 Å². The number of nitrogens with zero attached hydrogens (tertiary/aromatic N) is 2. The Kier molecular flexibility index (Phi) is 10.0. The number of aromatic nitrogens is 1. The van der Waals surface area contributed by atoms with Crippen LogP contribution in [0.5, 0.6) is 5.75 Å². The van der Waals surface area contributed by atoms with Crippen molar-refractivity contribution in [3.05, 3.63) is 97.7 Å². The lowest BCUT2D eigenvalue weighted by atomic mass is 10.0. The van der Waals surface area contributed by atoms with Crippen LogP contribution in [0.25, 0.3) is 11.3 Å². The predicted molar refractivity (Wildman–Crippen MR) is 189 cm³/mol. The molecule has 49 heavy (non-hydrogen) atoms. The largest absolute Gasteiger partial charge is 0.489 e. The fraction of sp³-hybridized carbons (Fsp3) is 0.324. The molecule has 0 spiro atoms. The molecule has 3 aromatic carbocycles. The molecule has 2 fully saturated rings. The lowest BCUT2D eigenvalue weighted by molar-refractivity contribution is 0.0105. The van der Waals surface area contributed by atoms with E-state index in [9.17, 15) is 9.59 Å². The van der Waals surface area contributed by atoms with Gasteiger partial charge in [0.2, 0.25) is 0 Å². The Hall–Kier alpha value is -4.36. The molecule has 6 rings (SSSR count). The van der Waals surface area contributed by atoms with Gasteiger partial charge in [-0.1, -0.05) is 57.9 Å². The van der Waals surface area contributed by atoms with E-state index in [0.29, 0.717) is 67.5 Å². The molecule has 0 bridgehead atoms. The summed E-state index contributed by atoms with van der Waals surface area (Å²) in [6.45, 7) is 6.61. The fourth-order valence-corrected chi connectivity index (χ4v) is 6.12. The zero-order chi connectivity index (χ0) is 34.9. The van der Waals surface area contributed by atoms with Gasteiger partial charge in [0.15, 0.2) is 0 Å². The molecule has 0 unspecified atom stereocenters. The molecule has 1 aromatic heterocycles. The van der Waals surface area contributed by atoms with Crippen molar-refractivity contribution in [2.75, 3.05) is 25.5 Å². The van der Waals surface area contributed by atoms with Gasteiger partial charge in [-0.2, -0.15) is 0 Å². The maximum absolute atomic E-state index is 12.4. The second kappa shape index (κ2) is 14.2. The summed E-state index contributed by atoms with van der Waals surface area (Å²) in [6, 6.07) is 15.7. The van der Waals surface area contributed by atoms with Crippen LogP contribution in [0.4, 0.5) is 10.5 Å². The molecule has 1 amide bonds. The highest BCUT2D eigenvalue weighted by Crippen LogP contribution is 2.46. The summed E-state index contributed by atoms with van der Waals surface area (Å²) in [4.78, 5) is 26.4. The van der Waals surface area contributed by atoms with Crippen molar-refractivity contribution in [3.8, 4) is 28.8 Å². The van der Waals surface area contributed by atoms with Gasteiger partial charge in [0.25, 0.3) is 0 Å². The van der Waals surface area contributed by atoms with Crippen LogP contribution >= 0.6 is 34.8 Å². The van der Waals surface area contributed by atoms with E-state index in [1.807, 2.05) is 26.8 Å². The first-order chi connectivity index (χ1) is 23.4. The van der Waals surface area contributed by atoms with Crippen LogP contribution in [0.1, 0.15) is 72.3 Å². The SMILES string of the molecule is COC(=O)c1cc(C#Cc2ccc(OCc3c(-c4c(Cl)cccc4Cl)noc3C3CC3)cc2Cl)cc(NC2CN(C(=O)OC(C)(C)C)C2)c1. The smallest absolute Gasteiger partial charge is 0.410 e. The summed E-state index contributed by atoms with van der Waals surface area (Å²) in [5.41, 5.74) is 3.57. The summed E-state index contributed by atoms with van der Waals surface area (Å²) < 4.78 is 22.3. The van der Waals surface area contributed by atoms with Crippen LogP contribution in [-0.4, -0.2) is 54.0 Å². The second-order valence-electron chi connectivity index (χ2n) is 12.9. The Bertz CT molecular complexity index is 1950. The van der Waals surface area contributed by atoms with Crippen molar-refractivity contribution >= 4 is 52.6 Å². The summed E-state index contributed by atoms with van der Waals surface area (Å²) in [7, 11) is 1.32. The molecule has 1 saturated carbocycles. The molecule has 0 atom stereocenters. The van der Waals surface area contributed by atoms with Crippen molar-refractivity contribution in [3.63, 3.8) is 0 Å². The standard InChI is InChI=1S/C37H34Cl3N3O6/c1-37(2,3)48-36(45)43-18-26(19-43)41-25-15-21(14-24(16-25)35(44)46-4)8-9-22-12-13-27(17-31(22)40)47-20-28-33(42-49-34(28)23-10-11-23)32-29(38)6-5-7-30(32)39/h5-7,12-17,23,26,41H,10-11,18-20H2,1-4H3. The minimum atomic E-state index is -0.567. The van der Waals surface area contributed by atoms with Gasteiger partial charge in [-0.05, 0) is 76.1 Å². The van der Waals surface area contributed by atoms with E-state index in [4.69, 9.17) is 53.5 Å². The third-order valence-corrected chi connectivity index (χ3v) is 8.83. The first kappa shape index (κ1) is 34.5. The molecule has 1 N–H and O–H groups in total. The van der Waals surface area contributed by atoms with Crippen molar-refractivity contribution < 1.29 is 28.3 Å². The highest BCUT2D eigenvalue weighted by molar-refractivity contribution is 6.39. The topological polar surface area (TPSA) is 103 Å². The van der Waals surface area contributed by atoms with E-state index in [1.165, 1.54) is 7.11 Å². The minimum absolute atomic E-state index is 0.0147. The van der Waals surface area contributed by atoms with Gasteiger partial charge in [0.05, 0.1) is 39.3 Å². The van der Waals surface area contributed by atoms with Gasteiger partial charge in [0.1, 0.15) is 29.4 Å². The molecule has 9 nitrogen and oxygen atoms in total. The Morgan fingerprint density at radius 1 is 1.00 bits per heavy atom. The highest BCUT2D eigenvalue weighted by atomic mass is 35.5. The monoisotopic (exact) mass is 721 g/mol. The molecular weight excluding hydrogens is 689 g/mol. The van der Waals surface area contributed by atoms with Crippen LogP contribution in [0.2, 0.25) is 15.1 Å². The number of methoxy groups -OCH3 is 1. The van der Waals surface area contributed by atoms with Crippen LogP contribution in [0.15, 0.2) is 59.1 Å². The number of rotatable bonds is 8. The zero-order valence-electron chi connectivity index (χ0n) is 27.4. The van der Waals surface area contributed by atoms with Gasteiger partial charge >= 0.3 is 12.1 Å². The second-order valence-corrected chi connectivity index (χ2v) is 14.2. The molecule has 12 heteroatoms. The van der Waals surface area contributed by atoms with Crippen LogP contribution in [0, 0.1) is 11.8 Å². The summed E-state index contributed by atoms with van der Waals surface area (Å²) in [5.74, 6) is 7.31. The lowest BCUT2D eigenvalue weighted by Crippen LogP contribution is -2.57. The van der Waals surface area contributed by atoms with Gasteiger partial charge in [-0.3, -0.25) is 0 Å². The number of ether oxygens (including phenoxy) is 3. The fourth-order valence-electron chi connectivity index (χ4n) is 5.33. The zero-order valence-corrected chi connectivity index (χ0v) is 29.6. The molecule has 1 aliphatic heterocycles. The lowest BCUT2D eigenvalue weighted by Gasteiger charge is -2.40. The number of hydrogen-bond acceptors (Lipinski definition) is 8. The molecule has 4 aromatic rings. The number of hydrogen-bond donors (Lipinski definition) is 1. The first-order valence-electron chi connectivity index (χ1n) is 15.7. The van der Waals surface area contributed by atoms with E-state index >= 15 is 0 Å². The Balaban J connectivity index is 1.16. The number of anilines is 1. The van der Waals surface area contributed by atoms with Crippen LogP contribution in [0.3, 0.4) is 0 Å². The summed E-state index contributed by atoms with van der Waals surface area (Å²) >= 11 is 19.6. The molecule has 1 aliphatic carbocycles. The van der Waals surface area contributed by atoms with E-state index in [-0.39, 0.29) is 24.7 Å². The van der Waals surface area contributed by atoms with Gasteiger partial charge in [-0.15, -0.1) is 0 Å². The van der Waals surface area contributed by atoms with Crippen molar-refractivity contribution in [1.29, 1.82) is 0 Å². The Morgan fingerprint density at radius 2 is 1.73 bits per heavy atom.